The number of benzene rings is 1. The Morgan fingerprint density at radius 2 is 2.14 bits per heavy atom. The molecule has 0 unspecified atom stereocenters. The minimum absolute atomic E-state index is 0.00110. The van der Waals surface area contributed by atoms with Gasteiger partial charge >= 0.3 is 0 Å². The molecule has 1 aromatic carbocycles. The molecule has 1 N–H and O–H groups in total. The highest BCUT2D eigenvalue weighted by Crippen LogP contribution is 2.21. The third-order valence-electron chi connectivity index (χ3n) is 3.23. The molecule has 0 saturated carbocycles. The van der Waals surface area contributed by atoms with E-state index in [9.17, 15) is 14.9 Å². The van der Waals surface area contributed by atoms with Crippen LogP contribution in [0.5, 0.6) is 0 Å². The monoisotopic (exact) mass is 302 g/mol. The molecule has 7 nitrogen and oxygen atoms in total. The Balaban J connectivity index is 2.41. The first kappa shape index (κ1) is 15.8. The van der Waals surface area contributed by atoms with Gasteiger partial charge in [-0.3, -0.25) is 14.9 Å². The third-order valence-corrected chi connectivity index (χ3v) is 3.23. The molecule has 0 aliphatic carbocycles. The van der Waals surface area contributed by atoms with Crippen LogP contribution in [-0.4, -0.2) is 21.2 Å². The largest absolute Gasteiger partial charge is 0.312 e. The van der Waals surface area contributed by atoms with Crippen LogP contribution < -0.4 is 10.9 Å². The average Bonchev–Trinajstić information content (AvgIpc) is 2.51. The normalized spacial score (nSPS) is 10.6. The van der Waals surface area contributed by atoms with Crippen LogP contribution in [0.3, 0.4) is 0 Å². The lowest BCUT2D eigenvalue weighted by atomic mass is 10.1. The summed E-state index contributed by atoms with van der Waals surface area (Å²) in [5.41, 5.74) is 1.57. The number of hydrogen-bond donors (Lipinski definition) is 1. The zero-order chi connectivity index (χ0) is 16.1. The number of rotatable bonds is 6. The second-order valence-electron chi connectivity index (χ2n) is 4.97. The van der Waals surface area contributed by atoms with Crippen molar-refractivity contribution in [1.82, 2.24) is 15.1 Å². The Labute approximate surface area is 127 Å². The van der Waals surface area contributed by atoms with Crippen LogP contribution in [0.25, 0.3) is 11.3 Å². The predicted octanol–water partition coefficient (Wildman–Crippen LogP) is 1.86. The van der Waals surface area contributed by atoms with Crippen LogP contribution in [0.15, 0.2) is 35.1 Å². The van der Waals surface area contributed by atoms with E-state index in [2.05, 4.69) is 10.4 Å². The van der Waals surface area contributed by atoms with Crippen molar-refractivity contribution < 1.29 is 4.92 Å². The van der Waals surface area contributed by atoms with Gasteiger partial charge in [-0.25, -0.2) is 4.68 Å². The van der Waals surface area contributed by atoms with Gasteiger partial charge in [0.1, 0.15) is 0 Å². The lowest BCUT2D eigenvalue weighted by molar-refractivity contribution is -0.384. The molecule has 0 bridgehead atoms. The summed E-state index contributed by atoms with van der Waals surface area (Å²) >= 11 is 0. The molecule has 22 heavy (non-hydrogen) atoms. The molecule has 0 saturated heterocycles. The number of aryl methyl sites for hydroxylation is 1. The standard InChI is InChI=1S/C15H18N4O3/c1-3-7-16-10-12-9-14(17-18(2)15(12)20)11-5-4-6-13(8-11)19(21)22/h4-6,8-9,16H,3,7,10H2,1-2H3. The number of non-ortho nitro benzene ring substituents is 1. The first-order chi connectivity index (χ1) is 10.5. The van der Waals surface area contributed by atoms with Gasteiger partial charge in [0, 0.05) is 36.9 Å². The topological polar surface area (TPSA) is 90.1 Å². The van der Waals surface area contributed by atoms with Crippen molar-refractivity contribution in [2.75, 3.05) is 6.54 Å². The van der Waals surface area contributed by atoms with Crippen LogP contribution in [0, 0.1) is 10.1 Å². The first-order valence-electron chi connectivity index (χ1n) is 7.05. The highest BCUT2D eigenvalue weighted by molar-refractivity contribution is 5.62. The summed E-state index contributed by atoms with van der Waals surface area (Å²) < 4.78 is 1.26. The van der Waals surface area contributed by atoms with Gasteiger partial charge in [0.2, 0.25) is 0 Å². The summed E-state index contributed by atoms with van der Waals surface area (Å²) in [7, 11) is 1.58. The van der Waals surface area contributed by atoms with E-state index in [0.29, 0.717) is 23.4 Å². The Morgan fingerprint density at radius 3 is 2.82 bits per heavy atom. The molecule has 2 aromatic rings. The summed E-state index contributed by atoms with van der Waals surface area (Å²) in [4.78, 5) is 22.5. The van der Waals surface area contributed by atoms with E-state index in [0.717, 1.165) is 13.0 Å². The summed E-state index contributed by atoms with van der Waals surface area (Å²) in [6.07, 6.45) is 0.975. The van der Waals surface area contributed by atoms with Crippen molar-refractivity contribution in [3.63, 3.8) is 0 Å². The van der Waals surface area contributed by atoms with Crippen LogP contribution in [0.4, 0.5) is 5.69 Å². The smallest absolute Gasteiger partial charge is 0.271 e. The number of nitrogens with zero attached hydrogens (tertiary/aromatic N) is 3. The van der Waals surface area contributed by atoms with Crippen molar-refractivity contribution in [3.8, 4) is 11.3 Å². The quantitative estimate of drug-likeness (QED) is 0.499. The van der Waals surface area contributed by atoms with Gasteiger partial charge < -0.3 is 5.32 Å². The number of nitro groups is 1. The molecular weight excluding hydrogens is 284 g/mol. The SMILES string of the molecule is CCCNCc1cc(-c2cccc([N+](=O)[O-])c2)nn(C)c1=O. The maximum absolute atomic E-state index is 12.1. The maximum atomic E-state index is 12.1. The van der Waals surface area contributed by atoms with Gasteiger partial charge in [-0.05, 0) is 19.0 Å². The molecule has 2 rings (SSSR count). The molecule has 1 aromatic heterocycles. The molecule has 0 amide bonds. The van der Waals surface area contributed by atoms with E-state index in [1.165, 1.54) is 16.8 Å². The number of nitro benzene ring substituents is 1. The van der Waals surface area contributed by atoms with E-state index in [-0.39, 0.29) is 11.2 Å². The van der Waals surface area contributed by atoms with Crippen molar-refractivity contribution in [2.45, 2.75) is 19.9 Å². The van der Waals surface area contributed by atoms with Gasteiger partial charge in [0.25, 0.3) is 11.2 Å². The summed E-state index contributed by atoms with van der Waals surface area (Å²) in [5, 5.41) is 18.2. The van der Waals surface area contributed by atoms with Gasteiger partial charge in [-0.1, -0.05) is 19.1 Å². The van der Waals surface area contributed by atoms with Gasteiger partial charge in [0.05, 0.1) is 10.6 Å². The molecule has 1 heterocycles. The molecule has 0 spiro atoms. The summed E-state index contributed by atoms with van der Waals surface area (Å²) in [6, 6.07) is 7.91. The molecule has 0 radical (unpaired) electrons. The zero-order valence-corrected chi connectivity index (χ0v) is 12.6. The number of nitrogens with one attached hydrogen (secondary N) is 1. The summed E-state index contributed by atoms with van der Waals surface area (Å²) in [5.74, 6) is 0. The van der Waals surface area contributed by atoms with Crippen molar-refractivity contribution in [3.05, 3.63) is 56.4 Å². The van der Waals surface area contributed by atoms with E-state index in [4.69, 9.17) is 0 Å². The zero-order valence-electron chi connectivity index (χ0n) is 12.6. The summed E-state index contributed by atoms with van der Waals surface area (Å²) in [6.45, 7) is 3.31. The predicted molar refractivity (Wildman–Crippen MR) is 83.6 cm³/mol. The van der Waals surface area contributed by atoms with E-state index >= 15 is 0 Å². The van der Waals surface area contributed by atoms with Gasteiger partial charge in [-0.2, -0.15) is 5.10 Å². The Kier molecular flexibility index (Phi) is 5.00. The fraction of sp³-hybridized carbons (Fsp3) is 0.333. The van der Waals surface area contributed by atoms with E-state index in [1.807, 2.05) is 6.92 Å². The van der Waals surface area contributed by atoms with E-state index in [1.54, 1.807) is 25.2 Å². The van der Waals surface area contributed by atoms with Crippen LogP contribution >= 0.6 is 0 Å². The highest BCUT2D eigenvalue weighted by atomic mass is 16.6. The maximum Gasteiger partial charge on any atom is 0.271 e. The Morgan fingerprint density at radius 1 is 1.36 bits per heavy atom. The molecule has 0 aliphatic rings. The Hall–Kier alpha value is -2.54. The van der Waals surface area contributed by atoms with E-state index < -0.39 is 4.92 Å². The highest BCUT2D eigenvalue weighted by Gasteiger charge is 2.11. The minimum atomic E-state index is -0.449. The molecule has 0 fully saturated rings. The Bertz CT molecular complexity index is 740. The minimum Gasteiger partial charge on any atom is -0.312 e. The van der Waals surface area contributed by atoms with Crippen LogP contribution in [0.1, 0.15) is 18.9 Å². The lowest BCUT2D eigenvalue weighted by Gasteiger charge is -2.08. The van der Waals surface area contributed by atoms with Crippen LogP contribution in [-0.2, 0) is 13.6 Å². The molecule has 0 atom stereocenters. The van der Waals surface area contributed by atoms with Gasteiger partial charge in [0.15, 0.2) is 0 Å². The van der Waals surface area contributed by atoms with Crippen molar-refractivity contribution in [2.24, 2.45) is 7.05 Å². The molecule has 0 aliphatic heterocycles. The van der Waals surface area contributed by atoms with Gasteiger partial charge in [-0.15, -0.1) is 0 Å². The van der Waals surface area contributed by atoms with Crippen LogP contribution in [0.2, 0.25) is 0 Å². The third kappa shape index (κ3) is 3.56. The first-order valence-corrected chi connectivity index (χ1v) is 7.05. The lowest BCUT2D eigenvalue weighted by Crippen LogP contribution is -2.27. The number of aromatic nitrogens is 2. The number of hydrogen-bond acceptors (Lipinski definition) is 5. The average molecular weight is 302 g/mol. The second kappa shape index (κ2) is 6.95. The van der Waals surface area contributed by atoms with Crippen molar-refractivity contribution >= 4 is 5.69 Å². The molecular formula is C15H18N4O3. The molecule has 116 valence electrons. The molecule has 7 heteroatoms. The fourth-order valence-electron chi connectivity index (χ4n) is 2.12. The van der Waals surface area contributed by atoms with Crippen molar-refractivity contribution in [1.29, 1.82) is 0 Å². The second-order valence-corrected chi connectivity index (χ2v) is 4.97. The fourth-order valence-corrected chi connectivity index (χ4v) is 2.12.